The summed E-state index contributed by atoms with van der Waals surface area (Å²) in [5, 5.41) is 20.7. The van der Waals surface area contributed by atoms with E-state index in [0.29, 0.717) is 5.56 Å². The molecule has 0 fully saturated rings. The Morgan fingerprint density at radius 1 is 1.13 bits per heavy atom. The Kier molecular flexibility index (Phi) is 3.60. The van der Waals surface area contributed by atoms with Gasteiger partial charge in [-0.1, -0.05) is 30.3 Å². The second-order valence-electron chi connectivity index (χ2n) is 4.67. The molecule has 0 radical (unpaired) electrons. The van der Waals surface area contributed by atoms with Gasteiger partial charge in [-0.3, -0.25) is 10.1 Å². The van der Waals surface area contributed by atoms with Crippen LogP contribution in [0.5, 0.6) is 5.75 Å². The average molecular weight is 310 g/mol. The van der Waals surface area contributed by atoms with Crippen LogP contribution in [0, 0.1) is 10.1 Å². The van der Waals surface area contributed by atoms with Gasteiger partial charge in [0, 0.05) is 17.2 Å². The van der Waals surface area contributed by atoms with Gasteiger partial charge in [-0.15, -0.1) is 0 Å². The van der Waals surface area contributed by atoms with Crippen LogP contribution >= 0.6 is 0 Å². The first-order chi connectivity index (χ1) is 11.1. The highest BCUT2D eigenvalue weighted by Gasteiger charge is 2.25. The number of benzene rings is 2. The number of para-hydroxylation sites is 1. The summed E-state index contributed by atoms with van der Waals surface area (Å²) in [5.41, 5.74) is 0.259. The van der Waals surface area contributed by atoms with Crippen molar-refractivity contribution in [3.05, 3.63) is 75.5 Å². The number of carbonyl (C=O) groups is 1. The van der Waals surface area contributed by atoms with Gasteiger partial charge in [0.2, 0.25) is 11.6 Å². The Bertz CT molecular complexity index is 856. The van der Waals surface area contributed by atoms with Crippen LogP contribution in [0.2, 0.25) is 0 Å². The van der Waals surface area contributed by atoms with Crippen molar-refractivity contribution in [3.63, 3.8) is 0 Å². The molecule has 2 aromatic carbocycles. The maximum Gasteiger partial charge on any atom is 0.363 e. The summed E-state index contributed by atoms with van der Waals surface area (Å²) < 4.78 is 5.08. The smallest absolute Gasteiger partial charge is 0.363 e. The number of phenols is 1. The molecule has 0 saturated carbocycles. The van der Waals surface area contributed by atoms with Crippen LogP contribution in [0.25, 0.3) is 6.08 Å². The van der Waals surface area contributed by atoms with Crippen molar-refractivity contribution in [2.45, 2.75) is 0 Å². The fourth-order valence-electron chi connectivity index (χ4n) is 2.07. The number of rotatable bonds is 3. The first-order valence-corrected chi connectivity index (χ1v) is 6.60. The first kappa shape index (κ1) is 14.5. The highest BCUT2D eigenvalue weighted by Crippen LogP contribution is 2.31. The summed E-state index contributed by atoms with van der Waals surface area (Å²) in [6, 6.07) is 12.9. The minimum atomic E-state index is -0.705. The number of hydrogen-bond acceptors (Lipinski definition) is 6. The zero-order chi connectivity index (χ0) is 16.4. The van der Waals surface area contributed by atoms with E-state index >= 15 is 0 Å². The van der Waals surface area contributed by atoms with Crippen LogP contribution in [-0.2, 0) is 9.53 Å². The molecule has 1 aliphatic rings. The molecule has 0 aliphatic carbocycles. The third kappa shape index (κ3) is 2.80. The molecule has 1 heterocycles. The topological polar surface area (TPSA) is 102 Å². The molecule has 0 bridgehead atoms. The van der Waals surface area contributed by atoms with Crippen LogP contribution in [-0.4, -0.2) is 21.9 Å². The molecule has 0 saturated heterocycles. The van der Waals surface area contributed by atoms with Crippen molar-refractivity contribution in [1.82, 2.24) is 0 Å². The quantitative estimate of drug-likeness (QED) is 0.406. The van der Waals surface area contributed by atoms with Gasteiger partial charge in [0.1, 0.15) is 0 Å². The summed E-state index contributed by atoms with van der Waals surface area (Å²) in [6.45, 7) is 0. The van der Waals surface area contributed by atoms with Crippen molar-refractivity contribution >= 4 is 23.6 Å². The molecule has 0 amide bonds. The lowest BCUT2D eigenvalue weighted by Crippen LogP contribution is -2.04. The van der Waals surface area contributed by atoms with E-state index in [-0.39, 0.29) is 17.2 Å². The largest absolute Gasteiger partial charge is 0.502 e. The number of aromatic hydroxyl groups is 1. The summed E-state index contributed by atoms with van der Waals surface area (Å²) >= 11 is 0. The standard InChI is InChI=1S/C16H10N2O5/c19-14-11(7-4-8-13(14)18(21)22)9-12-16(20)23-15(17-12)10-5-2-1-3-6-10/h1-9,19H. The number of aliphatic imine (C=N–C) groups is 1. The predicted octanol–water partition coefficient (Wildman–Crippen LogP) is 2.64. The number of esters is 1. The lowest BCUT2D eigenvalue weighted by molar-refractivity contribution is -0.385. The molecule has 7 heteroatoms. The highest BCUT2D eigenvalue weighted by molar-refractivity contribution is 6.12. The van der Waals surface area contributed by atoms with Crippen LogP contribution in [0.15, 0.2) is 59.2 Å². The Balaban J connectivity index is 2.00. The number of hydrogen-bond donors (Lipinski definition) is 1. The van der Waals surface area contributed by atoms with E-state index in [0.717, 1.165) is 0 Å². The first-order valence-electron chi connectivity index (χ1n) is 6.60. The van der Waals surface area contributed by atoms with E-state index in [1.165, 1.54) is 24.3 Å². The van der Waals surface area contributed by atoms with Gasteiger partial charge in [0.05, 0.1) is 4.92 Å². The Morgan fingerprint density at radius 2 is 1.87 bits per heavy atom. The van der Waals surface area contributed by atoms with Crippen LogP contribution < -0.4 is 0 Å². The van der Waals surface area contributed by atoms with Crippen LogP contribution in [0.3, 0.4) is 0 Å². The van der Waals surface area contributed by atoms with Crippen molar-refractivity contribution in [3.8, 4) is 5.75 Å². The van der Waals surface area contributed by atoms with Crippen molar-refractivity contribution in [1.29, 1.82) is 0 Å². The van der Waals surface area contributed by atoms with E-state index < -0.39 is 22.3 Å². The average Bonchev–Trinajstić information content (AvgIpc) is 2.91. The minimum Gasteiger partial charge on any atom is -0.502 e. The zero-order valence-electron chi connectivity index (χ0n) is 11.7. The van der Waals surface area contributed by atoms with E-state index in [4.69, 9.17) is 4.74 Å². The van der Waals surface area contributed by atoms with Gasteiger partial charge in [-0.2, -0.15) is 0 Å². The molecule has 3 rings (SSSR count). The molecule has 0 atom stereocenters. The highest BCUT2D eigenvalue weighted by atomic mass is 16.6. The molecular formula is C16H10N2O5. The van der Waals surface area contributed by atoms with E-state index in [1.54, 1.807) is 24.3 Å². The number of cyclic esters (lactones) is 1. The van der Waals surface area contributed by atoms with Crippen molar-refractivity contribution in [2.24, 2.45) is 4.99 Å². The number of nitro benzene ring substituents is 1. The van der Waals surface area contributed by atoms with Crippen molar-refractivity contribution in [2.75, 3.05) is 0 Å². The molecule has 114 valence electrons. The molecule has 23 heavy (non-hydrogen) atoms. The van der Waals surface area contributed by atoms with Gasteiger partial charge in [-0.05, 0) is 18.2 Å². The third-order valence-corrected chi connectivity index (χ3v) is 3.18. The maximum atomic E-state index is 11.9. The molecule has 0 unspecified atom stereocenters. The fraction of sp³-hybridized carbons (Fsp3) is 0. The Morgan fingerprint density at radius 3 is 2.57 bits per heavy atom. The van der Waals surface area contributed by atoms with Gasteiger partial charge in [0.25, 0.3) is 0 Å². The maximum absolute atomic E-state index is 11.9. The van der Waals surface area contributed by atoms with Gasteiger partial charge >= 0.3 is 11.7 Å². The lowest BCUT2D eigenvalue weighted by Gasteiger charge is -2.00. The molecule has 1 aliphatic heterocycles. The second kappa shape index (κ2) is 5.72. The summed E-state index contributed by atoms with van der Waals surface area (Å²) in [6.07, 6.45) is 1.25. The van der Waals surface area contributed by atoms with Crippen LogP contribution in [0.1, 0.15) is 11.1 Å². The van der Waals surface area contributed by atoms with E-state index in [9.17, 15) is 20.0 Å². The summed E-state index contributed by atoms with van der Waals surface area (Å²) in [7, 11) is 0. The number of ether oxygens (including phenoxy) is 1. The second-order valence-corrected chi connectivity index (χ2v) is 4.67. The molecular weight excluding hydrogens is 300 g/mol. The third-order valence-electron chi connectivity index (χ3n) is 3.18. The number of nitrogens with zero attached hydrogens (tertiary/aromatic N) is 2. The van der Waals surface area contributed by atoms with Gasteiger partial charge < -0.3 is 9.84 Å². The number of nitro groups is 1. The lowest BCUT2D eigenvalue weighted by atomic mass is 10.1. The summed E-state index contributed by atoms with van der Waals surface area (Å²) in [5.74, 6) is -1.07. The molecule has 2 aromatic rings. The zero-order valence-corrected chi connectivity index (χ0v) is 11.7. The fourth-order valence-corrected chi connectivity index (χ4v) is 2.07. The van der Waals surface area contributed by atoms with E-state index in [1.807, 2.05) is 6.07 Å². The molecule has 0 spiro atoms. The van der Waals surface area contributed by atoms with E-state index in [2.05, 4.69) is 4.99 Å². The SMILES string of the molecule is O=C1OC(c2ccccc2)=NC1=Cc1cccc([N+](=O)[O-])c1O. The molecule has 1 N–H and O–H groups in total. The van der Waals surface area contributed by atoms with Crippen LogP contribution in [0.4, 0.5) is 5.69 Å². The van der Waals surface area contributed by atoms with Gasteiger partial charge in [-0.25, -0.2) is 9.79 Å². The monoisotopic (exact) mass is 310 g/mol. The molecule has 0 aromatic heterocycles. The Hall–Kier alpha value is -3.48. The number of carbonyl (C=O) groups excluding carboxylic acids is 1. The predicted molar refractivity (Wildman–Crippen MR) is 81.8 cm³/mol. The van der Waals surface area contributed by atoms with Crippen molar-refractivity contribution < 1.29 is 19.6 Å². The minimum absolute atomic E-state index is 0.0420. The van der Waals surface area contributed by atoms with Gasteiger partial charge in [0.15, 0.2) is 5.70 Å². The Labute approximate surface area is 130 Å². The summed E-state index contributed by atoms with van der Waals surface area (Å²) in [4.78, 5) is 26.1. The molecule has 7 nitrogen and oxygen atoms in total. The number of phenolic OH excluding ortho intramolecular Hbond substituents is 1. The normalized spacial score (nSPS) is 15.4.